The molecule has 2 nitrogen and oxygen atoms in total. The molecule has 0 aliphatic heterocycles. The van der Waals surface area contributed by atoms with Crippen molar-refractivity contribution in [2.45, 2.75) is 33.6 Å². The van der Waals surface area contributed by atoms with Crippen LogP contribution in [-0.4, -0.2) is 12.1 Å². The zero-order valence-electron chi connectivity index (χ0n) is 10.8. The van der Waals surface area contributed by atoms with Crippen molar-refractivity contribution < 1.29 is 9.59 Å². The van der Waals surface area contributed by atoms with Crippen molar-refractivity contribution in [3.8, 4) is 0 Å². The predicted molar refractivity (Wildman–Crippen MR) is 68.8 cm³/mol. The summed E-state index contributed by atoms with van der Waals surface area (Å²) in [5.41, 5.74) is 0.740. The van der Waals surface area contributed by atoms with Crippen LogP contribution in [0.4, 0.5) is 0 Å². The number of ketones is 1. The highest BCUT2D eigenvalue weighted by atomic mass is 16.1. The fourth-order valence-corrected chi connectivity index (χ4v) is 1.63. The van der Waals surface area contributed by atoms with Gasteiger partial charge in [-0.25, -0.2) is 0 Å². The van der Waals surface area contributed by atoms with E-state index in [0.29, 0.717) is 12.8 Å². The Balaban J connectivity index is 2.62. The molecule has 0 unspecified atom stereocenters. The fourth-order valence-electron chi connectivity index (χ4n) is 1.63. The van der Waals surface area contributed by atoms with E-state index in [1.807, 2.05) is 51.1 Å². The minimum atomic E-state index is -0.363. The fraction of sp³-hybridized carbons (Fsp3) is 0.467. The molecule has 0 saturated carbocycles. The van der Waals surface area contributed by atoms with E-state index in [1.165, 1.54) is 0 Å². The molecule has 0 fully saturated rings. The monoisotopic (exact) mass is 232 g/mol. The van der Waals surface area contributed by atoms with Gasteiger partial charge < -0.3 is 4.79 Å². The van der Waals surface area contributed by atoms with Gasteiger partial charge in [0.15, 0.2) is 0 Å². The molecule has 0 saturated heterocycles. The number of carbonyl (C=O) groups is 2. The van der Waals surface area contributed by atoms with Gasteiger partial charge in [-0.05, 0) is 12.0 Å². The normalized spacial score (nSPS) is 13.1. The maximum Gasteiger partial charge on any atom is 0.138 e. The van der Waals surface area contributed by atoms with Gasteiger partial charge in [-0.2, -0.15) is 0 Å². The highest BCUT2D eigenvalue weighted by Gasteiger charge is 2.24. The molecule has 1 atom stereocenters. The van der Waals surface area contributed by atoms with Crippen molar-refractivity contribution in [3.63, 3.8) is 0 Å². The number of aldehydes is 1. The lowest BCUT2D eigenvalue weighted by atomic mass is 9.84. The molecule has 0 spiro atoms. The number of rotatable bonds is 5. The Bertz CT molecular complexity index is 374. The quantitative estimate of drug-likeness (QED) is 0.731. The molecule has 0 N–H and O–H groups in total. The van der Waals surface area contributed by atoms with Crippen molar-refractivity contribution in [3.05, 3.63) is 35.9 Å². The van der Waals surface area contributed by atoms with E-state index in [1.54, 1.807) is 0 Å². The summed E-state index contributed by atoms with van der Waals surface area (Å²) in [6.45, 7) is 5.67. The summed E-state index contributed by atoms with van der Waals surface area (Å²) >= 11 is 0. The largest absolute Gasteiger partial charge is 0.303 e. The van der Waals surface area contributed by atoms with Crippen LogP contribution in [0.5, 0.6) is 0 Å². The number of benzene rings is 1. The Morgan fingerprint density at radius 2 is 1.82 bits per heavy atom. The van der Waals surface area contributed by atoms with Crippen LogP contribution in [0.2, 0.25) is 0 Å². The summed E-state index contributed by atoms with van der Waals surface area (Å²) in [6.07, 6.45) is 1.88. The average Bonchev–Trinajstić information content (AvgIpc) is 2.28. The number of hydrogen-bond donors (Lipinski definition) is 0. The Morgan fingerprint density at radius 1 is 1.24 bits per heavy atom. The molecule has 0 bridgehead atoms. The van der Waals surface area contributed by atoms with Gasteiger partial charge in [0, 0.05) is 17.8 Å². The molecule has 0 radical (unpaired) electrons. The summed E-state index contributed by atoms with van der Waals surface area (Å²) in [5, 5.41) is 0. The molecule has 0 aliphatic carbocycles. The zero-order valence-corrected chi connectivity index (χ0v) is 10.8. The van der Waals surface area contributed by atoms with E-state index in [0.717, 1.165) is 11.8 Å². The predicted octanol–water partition coefficient (Wildman–Crippen LogP) is 3.05. The number of Topliss-reactive ketones (excluding diaryl/α,β-unsaturated/α-hetero) is 1. The number of carbonyl (C=O) groups excluding carboxylic acids is 2. The first kappa shape index (κ1) is 13.6. The second kappa shape index (κ2) is 5.76. The topological polar surface area (TPSA) is 34.1 Å². The highest BCUT2D eigenvalue weighted by molar-refractivity contribution is 5.85. The SMILES string of the molecule is CC(C)(C)C(=O)C[C@H](C=O)Cc1ccccc1. The van der Waals surface area contributed by atoms with Crippen LogP contribution in [0, 0.1) is 11.3 Å². The minimum absolute atomic E-state index is 0.144. The number of hydrogen-bond acceptors (Lipinski definition) is 2. The summed E-state index contributed by atoms with van der Waals surface area (Å²) in [5.74, 6) is -0.0605. The second-order valence-corrected chi connectivity index (χ2v) is 5.46. The lowest BCUT2D eigenvalue weighted by molar-refractivity contribution is -0.129. The van der Waals surface area contributed by atoms with Gasteiger partial charge in [0.25, 0.3) is 0 Å². The Morgan fingerprint density at radius 3 is 2.29 bits per heavy atom. The van der Waals surface area contributed by atoms with Crippen LogP contribution in [0.1, 0.15) is 32.8 Å². The molecule has 17 heavy (non-hydrogen) atoms. The van der Waals surface area contributed by atoms with Crippen molar-refractivity contribution >= 4 is 12.1 Å². The summed E-state index contributed by atoms with van der Waals surface area (Å²) in [4.78, 5) is 22.9. The van der Waals surface area contributed by atoms with Crippen LogP contribution in [0.3, 0.4) is 0 Å². The van der Waals surface area contributed by atoms with E-state index in [2.05, 4.69) is 0 Å². The van der Waals surface area contributed by atoms with Gasteiger partial charge in [-0.3, -0.25) is 4.79 Å². The molecule has 0 heterocycles. The van der Waals surface area contributed by atoms with Gasteiger partial charge in [0.1, 0.15) is 12.1 Å². The van der Waals surface area contributed by atoms with E-state index >= 15 is 0 Å². The van der Waals surface area contributed by atoms with E-state index in [-0.39, 0.29) is 17.1 Å². The van der Waals surface area contributed by atoms with Crippen molar-refractivity contribution in [2.24, 2.45) is 11.3 Å². The van der Waals surface area contributed by atoms with Gasteiger partial charge >= 0.3 is 0 Å². The van der Waals surface area contributed by atoms with Gasteiger partial charge in [0.2, 0.25) is 0 Å². The maximum atomic E-state index is 11.9. The molecule has 0 aliphatic rings. The van der Waals surface area contributed by atoms with Crippen molar-refractivity contribution in [1.82, 2.24) is 0 Å². The van der Waals surface area contributed by atoms with Crippen LogP contribution in [0.15, 0.2) is 30.3 Å². The third kappa shape index (κ3) is 4.51. The molecular formula is C15H20O2. The van der Waals surface area contributed by atoms with Crippen LogP contribution >= 0.6 is 0 Å². The van der Waals surface area contributed by atoms with Crippen molar-refractivity contribution in [2.75, 3.05) is 0 Å². The minimum Gasteiger partial charge on any atom is -0.303 e. The average molecular weight is 232 g/mol. The molecule has 92 valence electrons. The van der Waals surface area contributed by atoms with Crippen LogP contribution in [0.25, 0.3) is 0 Å². The Hall–Kier alpha value is -1.44. The first-order valence-corrected chi connectivity index (χ1v) is 5.96. The zero-order chi connectivity index (χ0) is 12.9. The Kier molecular flexibility index (Phi) is 4.62. The van der Waals surface area contributed by atoms with Gasteiger partial charge in [0.05, 0.1) is 0 Å². The van der Waals surface area contributed by atoms with E-state index < -0.39 is 0 Å². The summed E-state index contributed by atoms with van der Waals surface area (Å²) < 4.78 is 0. The highest BCUT2D eigenvalue weighted by Crippen LogP contribution is 2.21. The lowest BCUT2D eigenvalue weighted by Gasteiger charge is -2.19. The molecule has 2 heteroatoms. The third-order valence-electron chi connectivity index (χ3n) is 2.82. The Labute approximate surface area is 103 Å². The van der Waals surface area contributed by atoms with Gasteiger partial charge in [-0.1, -0.05) is 51.1 Å². The maximum absolute atomic E-state index is 11.9. The van der Waals surface area contributed by atoms with E-state index in [4.69, 9.17) is 0 Å². The lowest BCUT2D eigenvalue weighted by Crippen LogP contribution is -2.24. The smallest absolute Gasteiger partial charge is 0.138 e. The summed E-state index contributed by atoms with van der Waals surface area (Å²) in [7, 11) is 0. The first-order chi connectivity index (χ1) is 7.93. The molecule has 0 amide bonds. The first-order valence-electron chi connectivity index (χ1n) is 5.96. The molecule has 1 rings (SSSR count). The summed E-state index contributed by atoms with van der Waals surface area (Å²) in [6, 6.07) is 9.81. The molecular weight excluding hydrogens is 212 g/mol. The van der Waals surface area contributed by atoms with Crippen LogP contribution < -0.4 is 0 Å². The molecule has 0 aromatic heterocycles. The van der Waals surface area contributed by atoms with Crippen LogP contribution in [-0.2, 0) is 16.0 Å². The standard InChI is InChI=1S/C15H20O2/c1-15(2,3)14(17)10-13(11-16)9-12-7-5-4-6-8-12/h4-8,11,13H,9-10H2,1-3H3/t13-/m1/s1. The third-order valence-corrected chi connectivity index (χ3v) is 2.82. The second-order valence-electron chi connectivity index (χ2n) is 5.46. The van der Waals surface area contributed by atoms with E-state index in [9.17, 15) is 9.59 Å². The molecule has 1 aromatic rings. The molecule has 1 aromatic carbocycles. The van der Waals surface area contributed by atoms with Gasteiger partial charge in [-0.15, -0.1) is 0 Å². The van der Waals surface area contributed by atoms with Crippen molar-refractivity contribution in [1.29, 1.82) is 0 Å².